The number of halogens is 4. The van der Waals surface area contributed by atoms with Gasteiger partial charge in [-0.15, -0.1) is 0 Å². The molecule has 0 saturated carbocycles. The van der Waals surface area contributed by atoms with Gasteiger partial charge in [-0.05, 0) is 25.1 Å². The number of hydrogen-bond acceptors (Lipinski definition) is 6. The summed E-state index contributed by atoms with van der Waals surface area (Å²) in [5, 5.41) is 0. The van der Waals surface area contributed by atoms with E-state index in [1.165, 1.54) is 24.2 Å². The van der Waals surface area contributed by atoms with E-state index in [0.717, 1.165) is 6.07 Å². The number of nitrogens with zero attached hydrogens (tertiary/aromatic N) is 5. The van der Waals surface area contributed by atoms with E-state index in [1.807, 2.05) is 0 Å². The molecule has 0 aliphatic carbocycles. The highest BCUT2D eigenvalue weighted by Crippen LogP contribution is 2.42. The van der Waals surface area contributed by atoms with Crippen molar-refractivity contribution in [1.82, 2.24) is 24.3 Å². The van der Waals surface area contributed by atoms with Crippen molar-refractivity contribution >= 4 is 28.3 Å². The number of rotatable bonds is 2. The number of nitrogens with two attached hydrogens (primary N) is 1. The van der Waals surface area contributed by atoms with E-state index in [0.29, 0.717) is 28.4 Å². The lowest BCUT2D eigenvalue weighted by Gasteiger charge is -2.23. The maximum Gasteiger partial charge on any atom is 0.419 e. The van der Waals surface area contributed by atoms with Gasteiger partial charge in [-0.1, -0.05) is 0 Å². The third-order valence-electron chi connectivity index (χ3n) is 5.71. The number of fused-ring (bicyclic) bond motifs is 4. The van der Waals surface area contributed by atoms with E-state index >= 15 is 0 Å². The number of amides is 1. The molecule has 1 amide bonds. The Kier molecular flexibility index (Phi) is 4.45. The van der Waals surface area contributed by atoms with Gasteiger partial charge < -0.3 is 15.4 Å². The van der Waals surface area contributed by atoms with E-state index in [4.69, 9.17) is 10.5 Å². The van der Waals surface area contributed by atoms with Crippen LogP contribution in [0.3, 0.4) is 0 Å². The molecule has 4 heterocycles. The number of imidazole rings is 1. The maximum atomic E-state index is 14.1. The van der Waals surface area contributed by atoms with Crippen LogP contribution < -0.4 is 10.5 Å². The molecule has 2 N–H and O–H groups in total. The summed E-state index contributed by atoms with van der Waals surface area (Å²) in [4.78, 5) is 27.1. The number of likely N-dealkylation sites (N-methyl/N-ethyl adjacent to an activating group) is 1. The van der Waals surface area contributed by atoms with Gasteiger partial charge >= 0.3 is 6.18 Å². The standard InChI is InChI=1S/C21H16F4N6O2/c1-9-27-7-16-19(26)29-14-6-28-13(5-15(14)31(9)16)20(32)30(2)17-8-33-18-4-11(21(23,24)25)12(22)3-10(17)18/h3-7,17H,8H2,1-2H3,(H2,26,29)/t17-/m1/s1. The summed E-state index contributed by atoms with van der Waals surface area (Å²) in [6.07, 6.45) is -1.88. The molecule has 0 radical (unpaired) electrons. The normalized spacial score (nSPS) is 15.6. The molecule has 1 aliphatic heterocycles. The highest BCUT2D eigenvalue weighted by Gasteiger charge is 2.39. The van der Waals surface area contributed by atoms with Crippen LogP contribution in [0.25, 0.3) is 16.6 Å². The Labute approximate surface area is 183 Å². The van der Waals surface area contributed by atoms with Gasteiger partial charge in [0.05, 0.1) is 29.5 Å². The van der Waals surface area contributed by atoms with E-state index in [2.05, 4.69) is 15.0 Å². The molecule has 3 aromatic heterocycles. The second kappa shape index (κ2) is 7.02. The van der Waals surface area contributed by atoms with Gasteiger partial charge in [-0.2, -0.15) is 13.2 Å². The lowest BCUT2D eigenvalue weighted by atomic mass is 10.0. The Morgan fingerprint density at radius 2 is 1.97 bits per heavy atom. The number of alkyl halides is 3. The number of anilines is 1. The first kappa shape index (κ1) is 20.9. The van der Waals surface area contributed by atoms with E-state index < -0.39 is 29.5 Å². The van der Waals surface area contributed by atoms with E-state index in [-0.39, 0.29) is 29.4 Å². The zero-order valence-electron chi connectivity index (χ0n) is 17.3. The predicted octanol–water partition coefficient (Wildman–Crippen LogP) is 3.53. The minimum atomic E-state index is -4.86. The third kappa shape index (κ3) is 3.20. The summed E-state index contributed by atoms with van der Waals surface area (Å²) in [5.41, 5.74) is 6.36. The quantitative estimate of drug-likeness (QED) is 0.460. The van der Waals surface area contributed by atoms with Crippen molar-refractivity contribution < 1.29 is 27.1 Å². The van der Waals surface area contributed by atoms with Gasteiger partial charge in [0.1, 0.15) is 46.5 Å². The third-order valence-corrected chi connectivity index (χ3v) is 5.71. The predicted molar refractivity (Wildman–Crippen MR) is 109 cm³/mol. The Hall–Kier alpha value is -3.96. The second-order valence-electron chi connectivity index (χ2n) is 7.69. The second-order valence-corrected chi connectivity index (χ2v) is 7.69. The van der Waals surface area contributed by atoms with Gasteiger partial charge in [0.15, 0.2) is 0 Å². The van der Waals surface area contributed by atoms with Crippen molar-refractivity contribution in [2.45, 2.75) is 19.1 Å². The number of ether oxygens (including phenoxy) is 1. The molecule has 1 atom stereocenters. The first-order valence-electron chi connectivity index (χ1n) is 9.76. The molecule has 0 spiro atoms. The van der Waals surface area contributed by atoms with Crippen molar-refractivity contribution in [1.29, 1.82) is 0 Å². The molecule has 8 nitrogen and oxygen atoms in total. The summed E-state index contributed by atoms with van der Waals surface area (Å²) in [7, 11) is 1.45. The Morgan fingerprint density at radius 1 is 1.21 bits per heavy atom. The van der Waals surface area contributed by atoms with Gasteiger partial charge in [-0.3, -0.25) is 9.20 Å². The SMILES string of the molecule is Cc1ncc2c(N)nc3cnc(C(=O)N(C)[C@@H]4COc5cc(C(F)(F)F)c(F)cc54)cc3n12. The van der Waals surface area contributed by atoms with Crippen LogP contribution in [0, 0.1) is 12.7 Å². The summed E-state index contributed by atoms with van der Waals surface area (Å²) in [6.45, 7) is 1.66. The molecule has 0 saturated heterocycles. The molecule has 0 unspecified atom stereocenters. The topological polar surface area (TPSA) is 98.6 Å². The van der Waals surface area contributed by atoms with Crippen LogP contribution in [0.1, 0.15) is 33.5 Å². The fourth-order valence-electron chi connectivity index (χ4n) is 4.01. The molecule has 4 aromatic rings. The average Bonchev–Trinajstić information content (AvgIpc) is 3.35. The molecular formula is C21H16F4N6O2. The van der Waals surface area contributed by atoms with Crippen molar-refractivity contribution in [3.8, 4) is 5.75 Å². The lowest BCUT2D eigenvalue weighted by Crippen LogP contribution is -2.32. The molecule has 5 rings (SSSR count). The number of hydrogen-bond donors (Lipinski definition) is 1. The summed E-state index contributed by atoms with van der Waals surface area (Å²) in [6, 6.07) is 2.12. The largest absolute Gasteiger partial charge is 0.491 e. The van der Waals surface area contributed by atoms with Gasteiger partial charge in [0.25, 0.3) is 5.91 Å². The van der Waals surface area contributed by atoms with Crippen LogP contribution >= 0.6 is 0 Å². The number of aryl methyl sites for hydroxylation is 1. The van der Waals surface area contributed by atoms with Crippen molar-refractivity contribution in [3.05, 3.63) is 59.1 Å². The number of pyridine rings is 1. The molecule has 0 fully saturated rings. The summed E-state index contributed by atoms with van der Waals surface area (Å²) >= 11 is 0. The number of aromatic nitrogens is 4. The number of carbonyl (C=O) groups excluding carboxylic acids is 1. The fourth-order valence-corrected chi connectivity index (χ4v) is 4.01. The highest BCUT2D eigenvalue weighted by atomic mass is 19.4. The number of carbonyl (C=O) groups is 1. The van der Waals surface area contributed by atoms with Gasteiger partial charge in [-0.25, -0.2) is 19.3 Å². The average molecular weight is 460 g/mol. The monoisotopic (exact) mass is 460 g/mol. The first-order valence-corrected chi connectivity index (χ1v) is 9.76. The molecular weight excluding hydrogens is 444 g/mol. The van der Waals surface area contributed by atoms with E-state index in [9.17, 15) is 22.4 Å². The molecule has 0 bridgehead atoms. The zero-order chi connectivity index (χ0) is 23.7. The van der Waals surface area contributed by atoms with Crippen LogP contribution in [0.5, 0.6) is 5.75 Å². The lowest BCUT2D eigenvalue weighted by molar-refractivity contribution is -0.140. The molecule has 170 valence electrons. The highest BCUT2D eigenvalue weighted by molar-refractivity contribution is 5.96. The minimum Gasteiger partial charge on any atom is -0.491 e. The van der Waals surface area contributed by atoms with Crippen LogP contribution in [-0.4, -0.2) is 43.8 Å². The smallest absolute Gasteiger partial charge is 0.419 e. The summed E-state index contributed by atoms with van der Waals surface area (Å²) < 4.78 is 60.2. The maximum absolute atomic E-state index is 14.1. The minimum absolute atomic E-state index is 0.0619. The van der Waals surface area contributed by atoms with Gasteiger partial charge in [0.2, 0.25) is 0 Å². The Bertz CT molecular complexity index is 1450. The molecule has 12 heteroatoms. The Balaban J connectivity index is 1.52. The van der Waals surface area contributed by atoms with Crippen molar-refractivity contribution in [3.63, 3.8) is 0 Å². The van der Waals surface area contributed by atoms with Crippen LogP contribution in [0.4, 0.5) is 23.4 Å². The summed E-state index contributed by atoms with van der Waals surface area (Å²) in [5.74, 6) is -1.17. The molecule has 1 aromatic carbocycles. The zero-order valence-corrected chi connectivity index (χ0v) is 17.3. The van der Waals surface area contributed by atoms with E-state index in [1.54, 1.807) is 17.5 Å². The Morgan fingerprint density at radius 3 is 2.70 bits per heavy atom. The molecule has 1 aliphatic rings. The van der Waals surface area contributed by atoms with Crippen LogP contribution in [-0.2, 0) is 6.18 Å². The molecule has 33 heavy (non-hydrogen) atoms. The van der Waals surface area contributed by atoms with Crippen molar-refractivity contribution in [2.75, 3.05) is 19.4 Å². The van der Waals surface area contributed by atoms with Crippen molar-refractivity contribution in [2.24, 2.45) is 0 Å². The van der Waals surface area contributed by atoms with Crippen LogP contribution in [0.2, 0.25) is 0 Å². The fraction of sp³-hybridized carbons (Fsp3) is 0.238. The van der Waals surface area contributed by atoms with Crippen LogP contribution in [0.15, 0.2) is 30.6 Å². The first-order chi connectivity index (χ1) is 15.6. The van der Waals surface area contributed by atoms with Gasteiger partial charge in [0, 0.05) is 12.6 Å². The number of benzene rings is 1. The number of nitrogen functional groups attached to an aromatic ring is 1.